The number of hydrogen-bond acceptors (Lipinski definition) is 4. The molecule has 0 radical (unpaired) electrons. The number of para-hydroxylation sites is 1. The first-order chi connectivity index (χ1) is 11.7. The average molecular weight is 329 g/mol. The Morgan fingerprint density at radius 2 is 2.08 bits per heavy atom. The number of rotatable bonds is 8. The topological polar surface area (TPSA) is 73.6 Å². The minimum Gasteiger partial charge on any atom is -0.469 e. The summed E-state index contributed by atoms with van der Waals surface area (Å²) in [6, 6.07) is 11.6. The minimum atomic E-state index is -0.261. The maximum Gasteiger partial charge on any atom is 0.324 e. The lowest BCUT2D eigenvalue weighted by Crippen LogP contribution is -2.35. The monoisotopic (exact) mass is 329 g/mol. The van der Waals surface area contributed by atoms with Crippen molar-refractivity contribution in [3.63, 3.8) is 0 Å². The van der Waals surface area contributed by atoms with Crippen LogP contribution in [-0.2, 0) is 9.53 Å². The number of carbonyl (C=O) groups is 2. The van der Waals surface area contributed by atoms with Crippen LogP contribution in [0.15, 0.2) is 30.3 Å². The van der Waals surface area contributed by atoms with Crippen molar-refractivity contribution >= 4 is 17.7 Å². The molecule has 1 aromatic carbocycles. The van der Waals surface area contributed by atoms with Crippen molar-refractivity contribution in [2.45, 2.75) is 38.1 Å². The Kier molecular flexibility index (Phi) is 6.62. The number of hydrogen-bond donors (Lipinski definition) is 0. The van der Waals surface area contributed by atoms with Gasteiger partial charge in [-0.15, -0.1) is 0 Å². The van der Waals surface area contributed by atoms with Crippen molar-refractivity contribution in [1.29, 1.82) is 5.26 Å². The van der Waals surface area contributed by atoms with Crippen molar-refractivity contribution in [3.8, 4) is 6.07 Å². The summed E-state index contributed by atoms with van der Waals surface area (Å²) in [6.07, 6.45) is 2.97. The van der Waals surface area contributed by atoms with Gasteiger partial charge in [0.25, 0.3) is 0 Å². The molecule has 1 aliphatic heterocycles. The zero-order valence-electron chi connectivity index (χ0n) is 14.0. The summed E-state index contributed by atoms with van der Waals surface area (Å²) in [5.74, 6) is -0.261. The van der Waals surface area contributed by atoms with E-state index >= 15 is 0 Å². The molecule has 1 unspecified atom stereocenters. The van der Waals surface area contributed by atoms with Crippen LogP contribution in [0.3, 0.4) is 0 Å². The highest BCUT2D eigenvalue weighted by molar-refractivity contribution is 5.95. The molecular weight excluding hydrogens is 306 g/mol. The zero-order valence-corrected chi connectivity index (χ0v) is 14.0. The van der Waals surface area contributed by atoms with Gasteiger partial charge in [0.1, 0.15) is 0 Å². The molecule has 24 heavy (non-hydrogen) atoms. The Morgan fingerprint density at radius 1 is 1.33 bits per heavy atom. The van der Waals surface area contributed by atoms with Crippen LogP contribution in [0, 0.1) is 11.3 Å². The van der Waals surface area contributed by atoms with Gasteiger partial charge in [0, 0.05) is 31.6 Å². The first kappa shape index (κ1) is 17.8. The lowest BCUT2D eigenvalue weighted by atomic mass is 10.1. The molecule has 0 saturated carbocycles. The summed E-state index contributed by atoms with van der Waals surface area (Å²) in [6.45, 7) is 1.23. The molecule has 2 rings (SSSR count). The number of methoxy groups -OCH3 is 1. The van der Waals surface area contributed by atoms with Crippen molar-refractivity contribution in [1.82, 2.24) is 4.90 Å². The molecule has 6 nitrogen and oxygen atoms in total. The fourth-order valence-corrected chi connectivity index (χ4v) is 2.93. The fraction of sp³-hybridized carbons (Fsp3) is 0.500. The fourth-order valence-electron chi connectivity index (χ4n) is 2.93. The van der Waals surface area contributed by atoms with E-state index < -0.39 is 0 Å². The number of nitrogens with zero attached hydrogens (tertiary/aromatic N) is 3. The number of amides is 2. The van der Waals surface area contributed by atoms with E-state index in [1.807, 2.05) is 35.2 Å². The van der Waals surface area contributed by atoms with E-state index in [2.05, 4.69) is 6.07 Å². The van der Waals surface area contributed by atoms with Crippen LogP contribution in [0.2, 0.25) is 0 Å². The highest BCUT2D eigenvalue weighted by Gasteiger charge is 2.37. The molecule has 1 fully saturated rings. The first-order valence-corrected chi connectivity index (χ1v) is 8.24. The molecule has 0 spiro atoms. The van der Waals surface area contributed by atoms with Gasteiger partial charge in [-0.3, -0.25) is 9.69 Å². The minimum absolute atomic E-state index is 0.0342. The van der Waals surface area contributed by atoms with E-state index in [0.717, 1.165) is 18.5 Å². The van der Waals surface area contributed by atoms with E-state index in [9.17, 15) is 9.59 Å². The lowest BCUT2D eigenvalue weighted by Gasteiger charge is -2.23. The van der Waals surface area contributed by atoms with E-state index in [1.165, 1.54) is 7.11 Å². The normalized spacial score (nSPS) is 17.0. The molecule has 0 bridgehead atoms. The van der Waals surface area contributed by atoms with Crippen LogP contribution in [0.5, 0.6) is 0 Å². The molecule has 1 aromatic rings. The lowest BCUT2D eigenvalue weighted by molar-refractivity contribution is -0.140. The molecule has 0 aromatic heterocycles. The number of carbonyl (C=O) groups excluding carboxylic acids is 2. The van der Waals surface area contributed by atoms with E-state index in [0.29, 0.717) is 32.4 Å². The predicted molar refractivity (Wildman–Crippen MR) is 90.4 cm³/mol. The molecule has 0 aliphatic carbocycles. The SMILES string of the molecule is COC(=O)CCC1CN(CCCCC#N)C(=O)N1c1ccccc1. The maximum atomic E-state index is 12.8. The Hall–Kier alpha value is -2.55. The number of esters is 1. The molecule has 1 aliphatic rings. The van der Waals surface area contributed by atoms with Crippen molar-refractivity contribution < 1.29 is 14.3 Å². The standard InChI is InChI=1S/C18H23N3O3/c1-24-17(22)11-10-16-14-20(13-7-3-6-12-19)18(23)21(16)15-8-4-2-5-9-15/h2,4-5,8-9,16H,3,6-7,10-11,13-14H2,1H3. The molecule has 0 N–H and O–H groups in total. The molecule has 1 saturated heterocycles. The Labute approximate surface area is 142 Å². The summed E-state index contributed by atoms with van der Waals surface area (Å²) in [4.78, 5) is 27.8. The van der Waals surface area contributed by atoms with Crippen molar-refractivity contribution in [3.05, 3.63) is 30.3 Å². The Bertz CT molecular complexity index is 597. The smallest absolute Gasteiger partial charge is 0.324 e. The summed E-state index contributed by atoms with van der Waals surface area (Å²) in [5.41, 5.74) is 0.844. The zero-order chi connectivity index (χ0) is 17.4. The summed E-state index contributed by atoms with van der Waals surface area (Å²) in [7, 11) is 1.37. The van der Waals surface area contributed by atoms with Gasteiger partial charge in [-0.1, -0.05) is 18.2 Å². The van der Waals surface area contributed by atoms with E-state index in [-0.39, 0.29) is 18.0 Å². The van der Waals surface area contributed by atoms with Gasteiger partial charge in [0.15, 0.2) is 0 Å². The van der Waals surface area contributed by atoms with Crippen LogP contribution in [0.4, 0.5) is 10.5 Å². The third kappa shape index (κ3) is 4.48. The first-order valence-electron chi connectivity index (χ1n) is 8.24. The second kappa shape index (κ2) is 8.92. The van der Waals surface area contributed by atoms with Crippen molar-refractivity contribution in [2.75, 3.05) is 25.1 Å². The second-order valence-electron chi connectivity index (χ2n) is 5.82. The second-order valence-corrected chi connectivity index (χ2v) is 5.82. The van der Waals surface area contributed by atoms with Gasteiger partial charge in [-0.25, -0.2) is 4.79 Å². The van der Waals surface area contributed by atoms with Crippen LogP contribution in [0.1, 0.15) is 32.1 Å². The highest BCUT2D eigenvalue weighted by atomic mass is 16.5. The van der Waals surface area contributed by atoms with Crippen LogP contribution < -0.4 is 4.90 Å². The number of urea groups is 1. The van der Waals surface area contributed by atoms with Gasteiger partial charge >= 0.3 is 12.0 Å². The molecule has 1 atom stereocenters. The number of ether oxygens (including phenoxy) is 1. The van der Waals surface area contributed by atoms with Crippen LogP contribution >= 0.6 is 0 Å². The quantitative estimate of drug-likeness (QED) is 0.543. The summed E-state index contributed by atoms with van der Waals surface area (Å²) >= 11 is 0. The number of nitriles is 1. The van der Waals surface area contributed by atoms with E-state index in [4.69, 9.17) is 10.00 Å². The predicted octanol–water partition coefficient (Wildman–Crippen LogP) is 2.94. The Morgan fingerprint density at radius 3 is 2.75 bits per heavy atom. The van der Waals surface area contributed by atoms with Crippen LogP contribution in [-0.4, -0.2) is 43.1 Å². The third-order valence-electron chi connectivity index (χ3n) is 4.18. The number of anilines is 1. The average Bonchev–Trinajstić information content (AvgIpc) is 2.93. The largest absolute Gasteiger partial charge is 0.469 e. The third-order valence-corrected chi connectivity index (χ3v) is 4.18. The highest BCUT2D eigenvalue weighted by Crippen LogP contribution is 2.27. The van der Waals surface area contributed by atoms with Crippen LogP contribution in [0.25, 0.3) is 0 Å². The van der Waals surface area contributed by atoms with Gasteiger partial charge in [0.05, 0.1) is 19.2 Å². The molecule has 2 amide bonds. The summed E-state index contributed by atoms with van der Waals surface area (Å²) in [5, 5.41) is 8.61. The van der Waals surface area contributed by atoms with Crippen molar-refractivity contribution in [2.24, 2.45) is 0 Å². The van der Waals surface area contributed by atoms with Gasteiger partial charge in [0.2, 0.25) is 0 Å². The Balaban J connectivity index is 2.06. The summed E-state index contributed by atoms with van der Waals surface area (Å²) < 4.78 is 4.71. The number of benzene rings is 1. The van der Waals surface area contributed by atoms with Gasteiger partial charge in [-0.2, -0.15) is 5.26 Å². The molecular formula is C18H23N3O3. The molecule has 1 heterocycles. The van der Waals surface area contributed by atoms with Gasteiger partial charge < -0.3 is 9.64 Å². The molecule has 6 heteroatoms. The molecule has 128 valence electrons. The van der Waals surface area contributed by atoms with E-state index in [1.54, 1.807) is 4.90 Å². The van der Waals surface area contributed by atoms with Gasteiger partial charge in [-0.05, 0) is 31.4 Å². The number of unbranched alkanes of at least 4 members (excludes halogenated alkanes) is 2. The maximum absolute atomic E-state index is 12.8.